The van der Waals surface area contributed by atoms with Crippen LogP contribution in [0, 0.1) is 12.8 Å². The van der Waals surface area contributed by atoms with Crippen LogP contribution < -0.4 is 11.1 Å². The van der Waals surface area contributed by atoms with Gasteiger partial charge in [-0.25, -0.2) is 0 Å². The van der Waals surface area contributed by atoms with Crippen LogP contribution in [-0.2, 0) is 0 Å². The van der Waals surface area contributed by atoms with Crippen molar-refractivity contribution in [2.45, 2.75) is 33.1 Å². The number of carbonyl (C=O) groups is 1. The molecule has 0 aromatic heterocycles. The van der Waals surface area contributed by atoms with Gasteiger partial charge in [-0.05, 0) is 75.5 Å². The molecule has 0 bridgehead atoms. The standard InChI is InChI=1S/C17H27N3O/c1-13-4-8-20(9-5-13)7-3-6-19-17(21)15-10-14(2)11-16(18)12-15/h10-13H,3-9,18H2,1-2H3,(H,19,21). The second-order valence-electron chi connectivity index (χ2n) is 6.27. The van der Waals surface area contributed by atoms with E-state index in [-0.39, 0.29) is 5.91 Å². The van der Waals surface area contributed by atoms with Gasteiger partial charge >= 0.3 is 0 Å². The molecule has 0 saturated carbocycles. The van der Waals surface area contributed by atoms with Crippen molar-refractivity contribution in [1.29, 1.82) is 0 Å². The SMILES string of the molecule is Cc1cc(N)cc(C(=O)NCCCN2CCC(C)CC2)c1. The molecule has 1 aliphatic rings. The van der Waals surface area contributed by atoms with Gasteiger partial charge in [0.1, 0.15) is 0 Å². The van der Waals surface area contributed by atoms with Gasteiger partial charge in [-0.3, -0.25) is 4.79 Å². The van der Waals surface area contributed by atoms with E-state index < -0.39 is 0 Å². The van der Waals surface area contributed by atoms with Crippen molar-refractivity contribution in [3.63, 3.8) is 0 Å². The first-order chi connectivity index (χ1) is 10.0. The highest BCUT2D eigenvalue weighted by molar-refractivity contribution is 5.95. The van der Waals surface area contributed by atoms with Gasteiger partial charge in [0.2, 0.25) is 0 Å². The number of nitrogens with two attached hydrogens (primary N) is 1. The summed E-state index contributed by atoms with van der Waals surface area (Å²) in [6, 6.07) is 5.47. The van der Waals surface area contributed by atoms with E-state index >= 15 is 0 Å². The van der Waals surface area contributed by atoms with Gasteiger partial charge in [-0.1, -0.05) is 6.92 Å². The molecular formula is C17H27N3O. The maximum Gasteiger partial charge on any atom is 0.251 e. The fourth-order valence-corrected chi connectivity index (χ4v) is 2.84. The molecule has 1 saturated heterocycles. The zero-order valence-electron chi connectivity index (χ0n) is 13.2. The lowest BCUT2D eigenvalue weighted by Gasteiger charge is -2.30. The monoisotopic (exact) mass is 289 g/mol. The lowest BCUT2D eigenvalue weighted by Crippen LogP contribution is -2.35. The Labute approximate surface area is 127 Å². The Morgan fingerprint density at radius 2 is 2.05 bits per heavy atom. The van der Waals surface area contributed by atoms with E-state index in [1.807, 2.05) is 19.1 Å². The number of amides is 1. The van der Waals surface area contributed by atoms with Crippen molar-refractivity contribution < 1.29 is 4.79 Å². The molecule has 4 nitrogen and oxygen atoms in total. The molecule has 1 heterocycles. The molecule has 1 fully saturated rings. The minimum absolute atomic E-state index is 0.0299. The zero-order chi connectivity index (χ0) is 15.2. The summed E-state index contributed by atoms with van der Waals surface area (Å²) >= 11 is 0. The van der Waals surface area contributed by atoms with Crippen LogP contribution in [0.25, 0.3) is 0 Å². The van der Waals surface area contributed by atoms with Crippen molar-refractivity contribution in [3.05, 3.63) is 29.3 Å². The van der Waals surface area contributed by atoms with Crippen molar-refractivity contribution >= 4 is 11.6 Å². The highest BCUT2D eigenvalue weighted by Gasteiger charge is 2.15. The van der Waals surface area contributed by atoms with E-state index in [9.17, 15) is 4.79 Å². The van der Waals surface area contributed by atoms with Gasteiger partial charge in [-0.2, -0.15) is 0 Å². The van der Waals surface area contributed by atoms with Gasteiger partial charge < -0.3 is 16.0 Å². The third-order valence-electron chi connectivity index (χ3n) is 4.17. The Morgan fingerprint density at radius 1 is 1.33 bits per heavy atom. The van der Waals surface area contributed by atoms with Crippen LogP contribution in [0.4, 0.5) is 5.69 Å². The van der Waals surface area contributed by atoms with Crippen LogP contribution >= 0.6 is 0 Å². The molecule has 1 aliphatic heterocycles. The second kappa shape index (κ2) is 7.46. The number of rotatable bonds is 5. The molecule has 0 unspecified atom stereocenters. The summed E-state index contributed by atoms with van der Waals surface area (Å²) in [6.07, 6.45) is 3.60. The lowest BCUT2D eigenvalue weighted by atomic mass is 9.99. The topological polar surface area (TPSA) is 58.4 Å². The molecule has 0 atom stereocenters. The maximum absolute atomic E-state index is 12.1. The van der Waals surface area contributed by atoms with Gasteiger partial charge in [0.15, 0.2) is 0 Å². The number of benzene rings is 1. The highest BCUT2D eigenvalue weighted by Crippen LogP contribution is 2.15. The summed E-state index contributed by atoms with van der Waals surface area (Å²) in [6.45, 7) is 8.46. The summed E-state index contributed by atoms with van der Waals surface area (Å²) in [4.78, 5) is 14.6. The molecule has 3 N–H and O–H groups in total. The predicted octanol–water partition coefficient (Wildman–Crippen LogP) is 2.43. The molecule has 1 aromatic carbocycles. The van der Waals surface area contributed by atoms with Crippen LogP contribution in [0.15, 0.2) is 18.2 Å². The van der Waals surface area contributed by atoms with Gasteiger partial charge in [0.05, 0.1) is 0 Å². The summed E-state index contributed by atoms with van der Waals surface area (Å²) in [7, 11) is 0. The quantitative estimate of drug-likeness (QED) is 0.646. The number of aryl methyl sites for hydroxylation is 1. The maximum atomic E-state index is 12.1. The summed E-state index contributed by atoms with van der Waals surface area (Å²) < 4.78 is 0. The Kier molecular flexibility index (Phi) is 5.62. The number of hydrogen-bond donors (Lipinski definition) is 2. The minimum atomic E-state index is -0.0299. The Bertz CT molecular complexity index is 459. The number of carbonyl (C=O) groups excluding carboxylic acids is 1. The average molecular weight is 289 g/mol. The Morgan fingerprint density at radius 3 is 2.71 bits per heavy atom. The average Bonchev–Trinajstić information content (AvgIpc) is 2.44. The summed E-state index contributed by atoms with van der Waals surface area (Å²) in [5, 5.41) is 2.98. The van der Waals surface area contributed by atoms with Crippen LogP contribution in [0.5, 0.6) is 0 Å². The van der Waals surface area contributed by atoms with Crippen LogP contribution in [0.1, 0.15) is 42.1 Å². The summed E-state index contributed by atoms with van der Waals surface area (Å²) in [5.41, 5.74) is 8.08. The number of nitrogen functional groups attached to an aromatic ring is 1. The molecule has 21 heavy (non-hydrogen) atoms. The molecule has 1 amide bonds. The van der Waals surface area contributed by atoms with E-state index in [1.165, 1.54) is 25.9 Å². The zero-order valence-corrected chi connectivity index (χ0v) is 13.2. The number of anilines is 1. The smallest absolute Gasteiger partial charge is 0.251 e. The Balaban J connectivity index is 1.69. The highest BCUT2D eigenvalue weighted by atomic mass is 16.1. The normalized spacial score (nSPS) is 16.9. The second-order valence-corrected chi connectivity index (χ2v) is 6.27. The molecule has 0 aliphatic carbocycles. The molecule has 1 aromatic rings. The largest absolute Gasteiger partial charge is 0.399 e. The first kappa shape index (κ1) is 15.8. The van der Waals surface area contributed by atoms with Crippen LogP contribution in [0.3, 0.4) is 0 Å². The van der Waals surface area contributed by atoms with Crippen molar-refractivity contribution in [2.24, 2.45) is 5.92 Å². The van der Waals surface area contributed by atoms with Crippen LogP contribution in [-0.4, -0.2) is 37.0 Å². The predicted molar refractivity (Wildman–Crippen MR) is 87.4 cm³/mol. The molecule has 0 radical (unpaired) electrons. The summed E-state index contributed by atoms with van der Waals surface area (Å²) in [5.74, 6) is 0.838. The Hall–Kier alpha value is -1.55. The van der Waals surface area contributed by atoms with Gasteiger partial charge in [-0.15, -0.1) is 0 Å². The molecular weight excluding hydrogens is 262 g/mol. The van der Waals surface area contributed by atoms with E-state index in [0.29, 0.717) is 11.3 Å². The third-order valence-corrected chi connectivity index (χ3v) is 4.17. The molecule has 116 valence electrons. The van der Waals surface area contributed by atoms with Crippen molar-refractivity contribution in [3.8, 4) is 0 Å². The molecule has 4 heteroatoms. The van der Waals surface area contributed by atoms with Crippen LogP contribution in [0.2, 0.25) is 0 Å². The van der Waals surface area contributed by atoms with E-state index in [0.717, 1.165) is 31.0 Å². The van der Waals surface area contributed by atoms with E-state index in [1.54, 1.807) is 6.07 Å². The minimum Gasteiger partial charge on any atom is -0.399 e. The number of piperidine rings is 1. The van der Waals surface area contributed by atoms with Gasteiger partial charge in [0.25, 0.3) is 5.91 Å². The first-order valence-electron chi connectivity index (χ1n) is 7.92. The van der Waals surface area contributed by atoms with E-state index in [2.05, 4.69) is 17.1 Å². The van der Waals surface area contributed by atoms with E-state index in [4.69, 9.17) is 5.73 Å². The fraction of sp³-hybridized carbons (Fsp3) is 0.588. The fourth-order valence-electron chi connectivity index (χ4n) is 2.84. The number of nitrogens with one attached hydrogen (secondary N) is 1. The number of likely N-dealkylation sites (tertiary alicyclic amines) is 1. The first-order valence-corrected chi connectivity index (χ1v) is 7.92. The number of nitrogens with zero attached hydrogens (tertiary/aromatic N) is 1. The molecule has 2 rings (SSSR count). The lowest BCUT2D eigenvalue weighted by molar-refractivity contribution is 0.0950. The van der Waals surface area contributed by atoms with Crippen molar-refractivity contribution in [1.82, 2.24) is 10.2 Å². The molecule has 0 spiro atoms. The van der Waals surface area contributed by atoms with Crippen molar-refractivity contribution in [2.75, 3.05) is 31.9 Å². The van der Waals surface area contributed by atoms with Gasteiger partial charge in [0, 0.05) is 17.8 Å². The third kappa shape index (κ3) is 5.05. The number of hydrogen-bond acceptors (Lipinski definition) is 3.